The molecule has 0 amide bonds. The third-order valence-corrected chi connectivity index (χ3v) is 3.87. The van der Waals surface area contributed by atoms with Gasteiger partial charge in [0, 0.05) is 17.8 Å². The highest BCUT2D eigenvalue weighted by atomic mass is 35.5. The Bertz CT molecular complexity index is 783. The van der Waals surface area contributed by atoms with E-state index in [1.807, 2.05) is 37.6 Å². The van der Waals surface area contributed by atoms with E-state index in [-0.39, 0.29) is 11.1 Å². The van der Waals surface area contributed by atoms with Crippen molar-refractivity contribution in [2.24, 2.45) is 0 Å². The lowest BCUT2D eigenvalue weighted by Gasteiger charge is -2.19. The van der Waals surface area contributed by atoms with Gasteiger partial charge in [-0.25, -0.2) is 4.39 Å². The van der Waals surface area contributed by atoms with Crippen LogP contribution in [0, 0.1) is 5.82 Å². The standard InChI is InChI=1S/C17H14ClFN2/c1-20-17(11-6-7-16(19)15(18)8-11)14-10-21-9-12-4-2-3-5-13(12)14/h2-10,17,20H,1H3. The first-order valence-corrected chi connectivity index (χ1v) is 7.03. The molecule has 1 heterocycles. The minimum atomic E-state index is -0.411. The topological polar surface area (TPSA) is 24.9 Å². The zero-order chi connectivity index (χ0) is 14.8. The molecule has 2 nitrogen and oxygen atoms in total. The first-order chi connectivity index (χ1) is 10.2. The zero-order valence-electron chi connectivity index (χ0n) is 11.5. The summed E-state index contributed by atoms with van der Waals surface area (Å²) >= 11 is 5.90. The van der Waals surface area contributed by atoms with E-state index >= 15 is 0 Å². The number of rotatable bonds is 3. The van der Waals surface area contributed by atoms with Crippen LogP contribution < -0.4 is 5.32 Å². The van der Waals surface area contributed by atoms with Gasteiger partial charge >= 0.3 is 0 Å². The maximum atomic E-state index is 13.4. The highest BCUT2D eigenvalue weighted by molar-refractivity contribution is 6.30. The quantitative estimate of drug-likeness (QED) is 0.778. The van der Waals surface area contributed by atoms with Gasteiger partial charge in [0.15, 0.2) is 0 Å². The van der Waals surface area contributed by atoms with Crippen molar-refractivity contribution in [3.8, 4) is 0 Å². The molecule has 3 aromatic rings. The van der Waals surface area contributed by atoms with Crippen LogP contribution in [0.25, 0.3) is 10.8 Å². The normalized spacial score (nSPS) is 12.5. The van der Waals surface area contributed by atoms with Crippen molar-refractivity contribution in [1.82, 2.24) is 10.3 Å². The van der Waals surface area contributed by atoms with Crippen LogP contribution in [0.4, 0.5) is 4.39 Å². The van der Waals surface area contributed by atoms with Crippen LogP contribution >= 0.6 is 11.6 Å². The maximum absolute atomic E-state index is 13.4. The number of halogens is 2. The fourth-order valence-electron chi connectivity index (χ4n) is 2.56. The van der Waals surface area contributed by atoms with Crippen LogP contribution in [-0.4, -0.2) is 12.0 Å². The third-order valence-electron chi connectivity index (χ3n) is 3.58. The first kappa shape index (κ1) is 14.0. The molecule has 0 fully saturated rings. The molecule has 2 aromatic carbocycles. The smallest absolute Gasteiger partial charge is 0.141 e. The van der Waals surface area contributed by atoms with E-state index in [4.69, 9.17) is 11.6 Å². The molecule has 1 unspecified atom stereocenters. The van der Waals surface area contributed by atoms with Gasteiger partial charge in [-0.3, -0.25) is 4.98 Å². The van der Waals surface area contributed by atoms with E-state index in [0.29, 0.717) is 0 Å². The van der Waals surface area contributed by atoms with Gasteiger partial charge in [-0.2, -0.15) is 0 Å². The lowest BCUT2D eigenvalue weighted by atomic mass is 9.96. The van der Waals surface area contributed by atoms with E-state index < -0.39 is 5.82 Å². The Balaban J connectivity index is 2.16. The van der Waals surface area contributed by atoms with E-state index in [1.54, 1.807) is 12.1 Å². The average Bonchev–Trinajstić information content (AvgIpc) is 2.52. The summed E-state index contributed by atoms with van der Waals surface area (Å²) in [6, 6.07) is 12.7. The second-order valence-electron chi connectivity index (χ2n) is 4.85. The Morgan fingerprint density at radius 1 is 1.14 bits per heavy atom. The summed E-state index contributed by atoms with van der Waals surface area (Å²) < 4.78 is 13.4. The van der Waals surface area contributed by atoms with E-state index in [2.05, 4.69) is 16.4 Å². The minimum Gasteiger partial charge on any atom is -0.309 e. The average molecular weight is 301 g/mol. The highest BCUT2D eigenvalue weighted by Gasteiger charge is 2.16. The predicted molar refractivity (Wildman–Crippen MR) is 84.1 cm³/mol. The van der Waals surface area contributed by atoms with Crippen LogP contribution in [0.1, 0.15) is 17.2 Å². The molecule has 21 heavy (non-hydrogen) atoms. The van der Waals surface area contributed by atoms with Crippen LogP contribution in [0.15, 0.2) is 54.9 Å². The van der Waals surface area contributed by atoms with Gasteiger partial charge in [0.2, 0.25) is 0 Å². The number of fused-ring (bicyclic) bond motifs is 1. The van der Waals surface area contributed by atoms with Gasteiger partial charge in [-0.05, 0) is 35.7 Å². The van der Waals surface area contributed by atoms with Gasteiger partial charge in [0.1, 0.15) is 5.82 Å². The molecule has 0 aliphatic heterocycles. The molecule has 0 spiro atoms. The number of hydrogen-bond acceptors (Lipinski definition) is 2. The monoisotopic (exact) mass is 300 g/mol. The second kappa shape index (κ2) is 5.80. The third kappa shape index (κ3) is 2.62. The number of aromatic nitrogens is 1. The molecular weight excluding hydrogens is 287 g/mol. The van der Waals surface area contributed by atoms with Crippen molar-refractivity contribution in [2.75, 3.05) is 7.05 Å². The van der Waals surface area contributed by atoms with Crippen LogP contribution in [0.5, 0.6) is 0 Å². The Labute approximate surface area is 127 Å². The lowest BCUT2D eigenvalue weighted by molar-refractivity contribution is 0.624. The zero-order valence-corrected chi connectivity index (χ0v) is 12.2. The molecule has 3 rings (SSSR count). The van der Waals surface area contributed by atoms with Crippen LogP contribution in [-0.2, 0) is 0 Å². The first-order valence-electron chi connectivity index (χ1n) is 6.65. The molecule has 0 saturated heterocycles. The van der Waals surface area contributed by atoms with Crippen molar-refractivity contribution in [2.45, 2.75) is 6.04 Å². The van der Waals surface area contributed by atoms with Gasteiger partial charge in [-0.1, -0.05) is 41.9 Å². The van der Waals surface area contributed by atoms with Crippen molar-refractivity contribution >= 4 is 22.4 Å². The summed E-state index contributed by atoms with van der Waals surface area (Å²) in [6.45, 7) is 0. The molecule has 1 atom stereocenters. The largest absolute Gasteiger partial charge is 0.309 e. The Morgan fingerprint density at radius 3 is 2.71 bits per heavy atom. The SMILES string of the molecule is CNC(c1ccc(F)c(Cl)c1)c1cncc2ccccc12. The lowest BCUT2D eigenvalue weighted by Crippen LogP contribution is -2.18. The fraction of sp³-hybridized carbons (Fsp3) is 0.118. The molecule has 0 radical (unpaired) electrons. The van der Waals surface area contributed by atoms with Gasteiger partial charge in [0.05, 0.1) is 11.1 Å². The van der Waals surface area contributed by atoms with E-state index in [0.717, 1.165) is 21.9 Å². The summed E-state index contributed by atoms with van der Waals surface area (Å²) in [5, 5.41) is 5.57. The fourth-order valence-corrected chi connectivity index (χ4v) is 2.75. The predicted octanol–water partition coefficient (Wildman–Crippen LogP) is 4.34. The molecular formula is C17H14ClFN2. The summed E-state index contributed by atoms with van der Waals surface area (Å²) in [7, 11) is 1.86. The van der Waals surface area contributed by atoms with Gasteiger partial charge < -0.3 is 5.32 Å². The number of benzene rings is 2. The van der Waals surface area contributed by atoms with Crippen LogP contribution in [0.2, 0.25) is 5.02 Å². The van der Waals surface area contributed by atoms with Crippen LogP contribution in [0.3, 0.4) is 0 Å². The molecule has 106 valence electrons. The molecule has 0 bridgehead atoms. The molecule has 0 aliphatic rings. The Morgan fingerprint density at radius 2 is 1.95 bits per heavy atom. The van der Waals surface area contributed by atoms with Crippen molar-refractivity contribution in [1.29, 1.82) is 0 Å². The van der Waals surface area contributed by atoms with Gasteiger partial charge in [0.25, 0.3) is 0 Å². The minimum absolute atomic E-state index is 0.0956. The summed E-state index contributed by atoms with van der Waals surface area (Å²) in [4.78, 5) is 4.30. The molecule has 1 N–H and O–H groups in total. The molecule has 1 aromatic heterocycles. The number of hydrogen-bond donors (Lipinski definition) is 1. The second-order valence-corrected chi connectivity index (χ2v) is 5.25. The Hall–Kier alpha value is -1.97. The van der Waals surface area contributed by atoms with Crippen molar-refractivity contribution in [3.05, 3.63) is 76.8 Å². The number of pyridine rings is 1. The summed E-state index contributed by atoms with van der Waals surface area (Å²) in [6.07, 6.45) is 3.67. The summed E-state index contributed by atoms with van der Waals surface area (Å²) in [5.41, 5.74) is 1.94. The van der Waals surface area contributed by atoms with E-state index in [1.165, 1.54) is 6.07 Å². The number of nitrogens with one attached hydrogen (secondary N) is 1. The van der Waals surface area contributed by atoms with Crippen molar-refractivity contribution in [3.63, 3.8) is 0 Å². The summed E-state index contributed by atoms with van der Waals surface area (Å²) in [5.74, 6) is -0.411. The molecule has 0 saturated carbocycles. The highest BCUT2D eigenvalue weighted by Crippen LogP contribution is 2.29. The van der Waals surface area contributed by atoms with Crippen molar-refractivity contribution < 1.29 is 4.39 Å². The van der Waals surface area contributed by atoms with E-state index in [9.17, 15) is 4.39 Å². The number of nitrogens with zero attached hydrogens (tertiary/aromatic N) is 1. The van der Waals surface area contributed by atoms with Gasteiger partial charge in [-0.15, -0.1) is 0 Å². The maximum Gasteiger partial charge on any atom is 0.141 e. The Kier molecular flexibility index (Phi) is 3.86. The molecule has 0 aliphatic carbocycles. The molecule has 4 heteroatoms.